The summed E-state index contributed by atoms with van der Waals surface area (Å²) in [5.74, 6) is -0.144. The van der Waals surface area contributed by atoms with Gasteiger partial charge in [0.05, 0.1) is 13.7 Å². The van der Waals surface area contributed by atoms with Crippen molar-refractivity contribution < 1.29 is 14.3 Å². The van der Waals surface area contributed by atoms with Crippen molar-refractivity contribution in [2.24, 2.45) is 0 Å². The van der Waals surface area contributed by atoms with E-state index in [0.717, 1.165) is 17.3 Å². The van der Waals surface area contributed by atoms with E-state index in [4.69, 9.17) is 9.47 Å². The van der Waals surface area contributed by atoms with Gasteiger partial charge in [-0.05, 0) is 19.8 Å². The minimum Gasteiger partial charge on any atom is -0.481 e. The number of methoxy groups -OCH3 is 1. The predicted octanol–water partition coefficient (Wildman–Crippen LogP) is 1.14. The molecule has 0 unspecified atom stereocenters. The Labute approximate surface area is 119 Å². The number of aromatic nitrogens is 2. The van der Waals surface area contributed by atoms with E-state index >= 15 is 0 Å². The van der Waals surface area contributed by atoms with Crippen LogP contribution >= 0.6 is 15.9 Å². The van der Waals surface area contributed by atoms with E-state index in [-0.39, 0.29) is 13.2 Å². The van der Waals surface area contributed by atoms with Gasteiger partial charge in [0.15, 0.2) is 0 Å². The lowest BCUT2D eigenvalue weighted by Crippen LogP contribution is -2.28. The van der Waals surface area contributed by atoms with Gasteiger partial charge in [-0.2, -0.15) is 4.98 Å². The van der Waals surface area contributed by atoms with Gasteiger partial charge in [0.2, 0.25) is 5.88 Å². The van der Waals surface area contributed by atoms with E-state index in [2.05, 4.69) is 20.9 Å². The Kier molecular flexibility index (Phi) is 6.55. The molecule has 0 aliphatic rings. The van der Waals surface area contributed by atoms with Crippen LogP contribution in [0.4, 0.5) is 0 Å². The van der Waals surface area contributed by atoms with Crippen LogP contribution in [0.3, 0.4) is 0 Å². The molecule has 0 N–H and O–H groups in total. The zero-order valence-corrected chi connectivity index (χ0v) is 12.6. The summed E-state index contributed by atoms with van der Waals surface area (Å²) in [5, 5.41) is 0.840. The number of aryl methyl sites for hydroxylation is 1. The average Bonchev–Trinajstić information content (AvgIpc) is 2.39. The van der Waals surface area contributed by atoms with E-state index in [1.54, 1.807) is 13.1 Å². The first-order valence-corrected chi connectivity index (χ1v) is 7.10. The summed E-state index contributed by atoms with van der Waals surface area (Å²) < 4.78 is 11.1. The number of rotatable bonds is 7. The fraction of sp³-hybridized carbons (Fsp3) is 0.583. The Balaban J connectivity index is 2.98. The lowest BCUT2D eigenvalue weighted by atomic mass is 10.2. The fourth-order valence-electron chi connectivity index (χ4n) is 1.59. The van der Waals surface area contributed by atoms with Gasteiger partial charge in [-0.3, -0.25) is 9.36 Å². The highest BCUT2D eigenvalue weighted by molar-refractivity contribution is 9.09. The molecule has 0 radical (unpaired) electrons. The van der Waals surface area contributed by atoms with Gasteiger partial charge in [-0.15, -0.1) is 0 Å². The second-order valence-electron chi connectivity index (χ2n) is 3.78. The molecular formula is C12H17BrN2O4. The number of carbonyl (C=O) groups is 1. The molecule has 1 rings (SSSR count). The average molecular weight is 333 g/mol. The normalized spacial score (nSPS) is 10.3. The van der Waals surface area contributed by atoms with Gasteiger partial charge in [0.25, 0.3) is 0 Å². The monoisotopic (exact) mass is 332 g/mol. The number of alkyl halides is 1. The molecule has 6 nitrogen and oxygen atoms in total. The number of carbonyl (C=O) groups excluding carboxylic acids is 1. The van der Waals surface area contributed by atoms with Gasteiger partial charge in [0.1, 0.15) is 6.54 Å². The lowest BCUT2D eigenvalue weighted by Gasteiger charge is -2.10. The molecule has 0 saturated carbocycles. The van der Waals surface area contributed by atoms with Gasteiger partial charge in [0, 0.05) is 17.1 Å². The Morgan fingerprint density at radius 2 is 2.26 bits per heavy atom. The molecule has 0 aromatic carbocycles. The van der Waals surface area contributed by atoms with E-state index in [9.17, 15) is 9.59 Å². The van der Waals surface area contributed by atoms with Crippen molar-refractivity contribution in [1.82, 2.24) is 9.55 Å². The smallest absolute Gasteiger partial charge is 0.351 e. The molecule has 0 saturated heterocycles. The second-order valence-corrected chi connectivity index (χ2v) is 4.58. The Morgan fingerprint density at radius 3 is 2.84 bits per heavy atom. The zero-order chi connectivity index (χ0) is 14.3. The van der Waals surface area contributed by atoms with Crippen LogP contribution in [-0.4, -0.2) is 34.6 Å². The molecule has 0 bridgehead atoms. The van der Waals surface area contributed by atoms with Crippen molar-refractivity contribution in [1.29, 1.82) is 0 Å². The van der Waals surface area contributed by atoms with Crippen molar-refractivity contribution >= 4 is 21.9 Å². The zero-order valence-electron chi connectivity index (χ0n) is 11.0. The van der Waals surface area contributed by atoms with Gasteiger partial charge < -0.3 is 9.47 Å². The van der Waals surface area contributed by atoms with E-state index in [1.165, 1.54) is 11.7 Å². The lowest BCUT2D eigenvalue weighted by molar-refractivity contribution is -0.143. The molecule has 0 atom stereocenters. The van der Waals surface area contributed by atoms with Crippen LogP contribution in [0, 0.1) is 0 Å². The number of hydrogen-bond donors (Lipinski definition) is 0. The maximum atomic E-state index is 11.7. The van der Waals surface area contributed by atoms with Gasteiger partial charge in [-0.25, -0.2) is 4.79 Å². The van der Waals surface area contributed by atoms with Crippen molar-refractivity contribution in [2.45, 2.75) is 26.3 Å². The summed E-state index contributed by atoms with van der Waals surface area (Å²) in [6, 6.07) is 0. The van der Waals surface area contributed by atoms with Gasteiger partial charge >= 0.3 is 11.7 Å². The highest BCUT2D eigenvalue weighted by Gasteiger charge is 2.11. The molecular weight excluding hydrogens is 316 g/mol. The van der Waals surface area contributed by atoms with Crippen LogP contribution in [0.15, 0.2) is 11.0 Å². The quantitative estimate of drug-likeness (QED) is 0.553. The van der Waals surface area contributed by atoms with E-state index in [0.29, 0.717) is 12.3 Å². The summed E-state index contributed by atoms with van der Waals surface area (Å²) in [5.41, 5.74) is 0.276. The van der Waals surface area contributed by atoms with E-state index in [1.807, 2.05) is 0 Å². The topological polar surface area (TPSA) is 70.4 Å². The molecule has 0 fully saturated rings. The molecule has 1 aromatic rings. The van der Waals surface area contributed by atoms with E-state index < -0.39 is 11.7 Å². The third-order valence-corrected chi connectivity index (χ3v) is 2.97. The number of nitrogens with zero attached hydrogens (tertiary/aromatic N) is 2. The Hall–Kier alpha value is -1.37. The van der Waals surface area contributed by atoms with Crippen molar-refractivity contribution in [3.05, 3.63) is 22.2 Å². The van der Waals surface area contributed by atoms with Crippen LogP contribution in [-0.2, 0) is 22.5 Å². The first-order valence-electron chi connectivity index (χ1n) is 5.98. The third-order valence-electron chi connectivity index (χ3n) is 2.41. The number of halogens is 1. The van der Waals surface area contributed by atoms with Crippen molar-refractivity contribution in [3.8, 4) is 5.88 Å². The van der Waals surface area contributed by atoms with Crippen LogP contribution in [0.2, 0.25) is 0 Å². The second kappa shape index (κ2) is 7.93. The summed E-state index contributed by atoms with van der Waals surface area (Å²) in [6.45, 7) is 1.87. The number of hydrogen-bond acceptors (Lipinski definition) is 5. The summed E-state index contributed by atoms with van der Waals surface area (Å²) in [7, 11) is 1.47. The fourth-order valence-corrected chi connectivity index (χ4v) is 1.87. The summed E-state index contributed by atoms with van der Waals surface area (Å²) in [6.07, 6.45) is 3.20. The van der Waals surface area contributed by atoms with Crippen molar-refractivity contribution in [3.63, 3.8) is 0 Å². The molecule has 0 spiro atoms. The minimum absolute atomic E-state index is 0.134. The Morgan fingerprint density at radius 1 is 1.53 bits per heavy atom. The summed E-state index contributed by atoms with van der Waals surface area (Å²) >= 11 is 3.34. The molecule has 106 valence electrons. The predicted molar refractivity (Wildman–Crippen MR) is 73.8 cm³/mol. The maximum Gasteiger partial charge on any atom is 0.351 e. The number of esters is 1. The third kappa shape index (κ3) is 4.66. The maximum absolute atomic E-state index is 11.7. The van der Waals surface area contributed by atoms with Crippen LogP contribution in [0.25, 0.3) is 0 Å². The number of ether oxygens (including phenoxy) is 2. The van der Waals surface area contributed by atoms with Crippen LogP contribution < -0.4 is 10.4 Å². The first-order chi connectivity index (χ1) is 9.12. The Bertz CT molecular complexity index is 487. The minimum atomic E-state index is -0.521. The van der Waals surface area contributed by atoms with Crippen molar-refractivity contribution in [2.75, 3.05) is 19.0 Å². The molecule has 1 heterocycles. The van der Waals surface area contributed by atoms with Crippen LogP contribution in [0.5, 0.6) is 5.88 Å². The SMILES string of the molecule is CCOC(=O)Cn1cc(CCCBr)c(OC)nc1=O. The largest absolute Gasteiger partial charge is 0.481 e. The van der Waals surface area contributed by atoms with Crippen LogP contribution in [0.1, 0.15) is 18.9 Å². The summed E-state index contributed by atoms with van der Waals surface area (Å²) in [4.78, 5) is 26.9. The molecule has 7 heteroatoms. The first kappa shape index (κ1) is 15.7. The van der Waals surface area contributed by atoms with Gasteiger partial charge in [-0.1, -0.05) is 15.9 Å². The highest BCUT2D eigenvalue weighted by Crippen LogP contribution is 2.14. The molecule has 0 aliphatic heterocycles. The highest BCUT2D eigenvalue weighted by atomic mass is 79.9. The molecule has 0 aliphatic carbocycles. The molecule has 19 heavy (non-hydrogen) atoms. The standard InChI is InChI=1S/C12H17BrN2O4/c1-3-19-10(16)8-15-7-9(5-4-6-13)11(18-2)14-12(15)17/h7H,3-6,8H2,1-2H3. The molecule has 1 aromatic heterocycles. The molecule has 0 amide bonds.